The first-order valence-corrected chi connectivity index (χ1v) is 3.26. The lowest BCUT2D eigenvalue weighted by Gasteiger charge is -2.23. The van der Waals surface area contributed by atoms with Crippen LogP contribution in [-0.2, 0) is 4.79 Å². The minimum absolute atomic E-state index is 0.238. The summed E-state index contributed by atoms with van der Waals surface area (Å²) >= 11 is 0. The molecule has 2 N–H and O–H groups in total. The summed E-state index contributed by atoms with van der Waals surface area (Å²) in [7, 11) is 0. The summed E-state index contributed by atoms with van der Waals surface area (Å²) in [6, 6.07) is 0. The van der Waals surface area contributed by atoms with Crippen LogP contribution >= 0.6 is 0 Å². The van der Waals surface area contributed by atoms with Crippen LogP contribution < -0.4 is 0 Å². The van der Waals surface area contributed by atoms with Crippen molar-refractivity contribution in [3.8, 4) is 0 Å². The zero-order valence-electron chi connectivity index (χ0n) is 5.58. The summed E-state index contributed by atoms with van der Waals surface area (Å²) < 4.78 is 0. The summed E-state index contributed by atoms with van der Waals surface area (Å²) in [5.41, 5.74) is -1.49. The number of hydrogen-bond donors (Lipinski definition) is 2. The van der Waals surface area contributed by atoms with Crippen LogP contribution in [0.25, 0.3) is 0 Å². The lowest BCUT2D eigenvalue weighted by atomic mass is 9.90. The minimum Gasteiger partial charge on any atom is -0.479 e. The first kappa shape index (κ1) is 7.28. The van der Waals surface area contributed by atoms with Crippen LogP contribution in [0.2, 0.25) is 0 Å². The second-order valence-corrected chi connectivity index (χ2v) is 2.55. The van der Waals surface area contributed by atoms with Gasteiger partial charge in [-0.15, -0.1) is 0 Å². The fourth-order valence-electron chi connectivity index (χ4n) is 1.01. The van der Waals surface area contributed by atoms with E-state index in [9.17, 15) is 9.90 Å². The maximum absolute atomic E-state index is 10.4. The van der Waals surface area contributed by atoms with E-state index in [2.05, 4.69) is 0 Å². The van der Waals surface area contributed by atoms with Crippen LogP contribution in [-0.4, -0.2) is 21.8 Å². The lowest BCUT2D eigenvalue weighted by Crippen LogP contribution is -2.38. The normalized spacial score (nSPS) is 32.1. The van der Waals surface area contributed by atoms with Crippen LogP contribution in [0.1, 0.15) is 19.3 Å². The number of aliphatic carboxylic acids is 1. The van der Waals surface area contributed by atoms with E-state index < -0.39 is 11.6 Å². The smallest absolute Gasteiger partial charge is 0.336 e. The molecule has 0 amide bonds. The number of hydrogen-bond acceptors (Lipinski definition) is 2. The van der Waals surface area contributed by atoms with Crippen molar-refractivity contribution < 1.29 is 15.0 Å². The Morgan fingerprint density at radius 3 is 2.50 bits per heavy atom. The molecule has 3 nitrogen and oxygen atoms in total. The molecule has 0 fully saturated rings. The summed E-state index contributed by atoms with van der Waals surface area (Å²) in [5.74, 6) is -1.11. The van der Waals surface area contributed by atoms with E-state index in [-0.39, 0.29) is 6.42 Å². The van der Waals surface area contributed by atoms with Gasteiger partial charge in [0.15, 0.2) is 5.60 Å². The predicted molar refractivity (Wildman–Crippen MR) is 35.6 cm³/mol. The maximum atomic E-state index is 10.4. The molecule has 0 saturated carbocycles. The number of carbonyl (C=O) groups is 1. The molecule has 0 aliphatic heterocycles. The summed E-state index contributed by atoms with van der Waals surface area (Å²) in [4.78, 5) is 10.4. The van der Waals surface area contributed by atoms with Gasteiger partial charge in [-0.1, -0.05) is 12.2 Å². The molecule has 56 valence electrons. The molecule has 0 saturated heterocycles. The molecule has 0 aromatic heterocycles. The zero-order valence-corrected chi connectivity index (χ0v) is 5.58. The van der Waals surface area contributed by atoms with Gasteiger partial charge in [0.05, 0.1) is 0 Å². The van der Waals surface area contributed by atoms with E-state index in [1.807, 2.05) is 6.08 Å². The Morgan fingerprint density at radius 2 is 2.20 bits per heavy atom. The van der Waals surface area contributed by atoms with Crippen molar-refractivity contribution in [2.45, 2.75) is 24.9 Å². The quantitative estimate of drug-likeness (QED) is 0.525. The molecule has 1 unspecified atom stereocenters. The van der Waals surface area contributed by atoms with Gasteiger partial charge in [-0.2, -0.15) is 0 Å². The molecule has 10 heavy (non-hydrogen) atoms. The van der Waals surface area contributed by atoms with Crippen molar-refractivity contribution in [1.82, 2.24) is 0 Å². The van der Waals surface area contributed by atoms with Gasteiger partial charge < -0.3 is 10.2 Å². The Hall–Kier alpha value is -0.830. The van der Waals surface area contributed by atoms with Crippen molar-refractivity contribution in [3.63, 3.8) is 0 Å². The van der Waals surface area contributed by atoms with Gasteiger partial charge in [0, 0.05) is 6.42 Å². The summed E-state index contributed by atoms with van der Waals surface area (Å²) in [6.45, 7) is 0. The standard InChI is InChI=1S/C7H10O3/c8-6(9)7(10)4-2-1-3-5-7/h1-2,10H,3-5H2,(H,8,9). The number of allylic oxidation sites excluding steroid dienone is 1. The molecule has 1 aliphatic rings. The highest BCUT2D eigenvalue weighted by molar-refractivity contribution is 5.77. The molecular formula is C7H10O3. The Morgan fingerprint density at radius 1 is 1.50 bits per heavy atom. The first-order chi connectivity index (χ1) is 4.65. The molecule has 0 heterocycles. The molecule has 1 rings (SSSR count). The van der Waals surface area contributed by atoms with E-state index in [4.69, 9.17) is 5.11 Å². The lowest BCUT2D eigenvalue weighted by molar-refractivity contribution is -0.159. The van der Waals surface area contributed by atoms with Crippen LogP contribution in [0.5, 0.6) is 0 Å². The van der Waals surface area contributed by atoms with Gasteiger partial charge >= 0.3 is 5.97 Å². The van der Waals surface area contributed by atoms with Gasteiger partial charge in [0.25, 0.3) is 0 Å². The fourth-order valence-corrected chi connectivity index (χ4v) is 1.01. The van der Waals surface area contributed by atoms with Crippen LogP contribution in [0.15, 0.2) is 12.2 Å². The highest BCUT2D eigenvalue weighted by Crippen LogP contribution is 2.22. The minimum atomic E-state index is -1.49. The summed E-state index contributed by atoms with van der Waals surface area (Å²) in [6.07, 6.45) is 4.82. The van der Waals surface area contributed by atoms with E-state index in [0.717, 1.165) is 0 Å². The molecule has 0 bridgehead atoms. The fraction of sp³-hybridized carbons (Fsp3) is 0.571. The molecule has 0 spiro atoms. The Labute approximate surface area is 59.0 Å². The van der Waals surface area contributed by atoms with Crippen molar-refractivity contribution in [2.75, 3.05) is 0 Å². The predicted octanol–water partition coefficient (Wildman–Crippen LogP) is 0.542. The monoisotopic (exact) mass is 142 g/mol. The SMILES string of the molecule is O=C(O)C1(O)CC=CCC1. The molecule has 0 aromatic rings. The number of aliphatic hydroxyl groups is 1. The first-order valence-electron chi connectivity index (χ1n) is 3.26. The third-order valence-corrected chi connectivity index (χ3v) is 1.74. The molecule has 0 aromatic carbocycles. The largest absolute Gasteiger partial charge is 0.479 e. The van der Waals surface area contributed by atoms with Gasteiger partial charge in [0.2, 0.25) is 0 Å². The summed E-state index contributed by atoms with van der Waals surface area (Å²) in [5, 5.41) is 17.8. The maximum Gasteiger partial charge on any atom is 0.336 e. The van der Waals surface area contributed by atoms with E-state index >= 15 is 0 Å². The topological polar surface area (TPSA) is 57.5 Å². The van der Waals surface area contributed by atoms with Crippen LogP contribution in [0, 0.1) is 0 Å². The van der Waals surface area contributed by atoms with Crippen LogP contribution in [0.4, 0.5) is 0 Å². The van der Waals surface area contributed by atoms with Gasteiger partial charge in [-0.3, -0.25) is 0 Å². The Bertz CT molecular complexity index is 174. The van der Waals surface area contributed by atoms with Gasteiger partial charge in [0.1, 0.15) is 0 Å². The Balaban J connectivity index is 2.68. The van der Waals surface area contributed by atoms with Gasteiger partial charge in [-0.25, -0.2) is 4.79 Å². The molecule has 0 radical (unpaired) electrons. The van der Waals surface area contributed by atoms with Gasteiger partial charge in [-0.05, 0) is 12.8 Å². The Kier molecular flexibility index (Phi) is 1.76. The van der Waals surface area contributed by atoms with Crippen molar-refractivity contribution in [3.05, 3.63) is 12.2 Å². The molecular weight excluding hydrogens is 132 g/mol. The average molecular weight is 142 g/mol. The second kappa shape index (κ2) is 2.42. The van der Waals surface area contributed by atoms with Crippen LogP contribution in [0.3, 0.4) is 0 Å². The molecule has 1 aliphatic carbocycles. The third kappa shape index (κ3) is 1.19. The zero-order chi connectivity index (χ0) is 7.61. The molecule has 3 heteroatoms. The number of rotatable bonds is 1. The van der Waals surface area contributed by atoms with Crippen molar-refractivity contribution >= 4 is 5.97 Å². The van der Waals surface area contributed by atoms with Crippen molar-refractivity contribution in [2.24, 2.45) is 0 Å². The third-order valence-electron chi connectivity index (χ3n) is 1.74. The highest BCUT2D eigenvalue weighted by atomic mass is 16.4. The highest BCUT2D eigenvalue weighted by Gasteiger charge is 2.34. The molecule has 1 atom stereocenters. The number of carboxylic acids is 1. The van der Waals surface area contributed by atoms with Crippen molar-refractivity contribution in [1.29, 1.82) is 0 Å². The van der Waals surface area contributed by atoms with E-state index in [1.54, 1.807) is 6.08 Å². The average Bonchev–Trinajstić information content (AvgIpc) is 1.89. The second-order valence-electron chi connectivity index (χ2n) is 2.55. The van der Waals surface area contributed by atoms with E-state index in [1.165, 1.54) is 0 Å². The van der Waals surface area contributed by atoms with E-state index in [0.29, 0.717) is 12.8 Å². The number of carboxylic acid groups (broad SMARTS) is 1.